The molecule has 29 heavy (non-hydrogen) atoms. The molecule has 3 amide bonds. The van der Waals surface area contributed by atoms with Crippen LogP contribution in [0.2, 0.25) is 0 Å². The Morgan fingerprint density at radius 1 is 1.00 bits per heavy atom. The number of likely N-dealkylation sites (tertiary alicyclic amines) is 1. The topological polar surface area (TPSA) is 98.7 Å². The number of amides is 3. The molecule has 3 N–H and O–H groups in total. The summed E-state index contributed by atoms with van der Waals surface area (Å²) in [4.78, 5) is 38.4. The maximum atomic E-state index is 12.6. The molecule has 3 fully saturated rings. The summed E-state index contributed by atoms with van der Waals surface area (Å²) in [5.41, 5.74) is 0.401. The minimum atomic E-state index is -0.788. The first kappa shape index (κ1) is 19.7. The molecule has 7 nitrogen and oxygen atoms in total. The van der Waals surface area contributed by atoms with Gasteiger partial charge in [-0.2, -0.15) is 0 Å². The highest BCUT2D eigenvalue weighted by Gasteiger charge is 2.55. The lowest BCUT2D eigenvalue weighted by molar-refractivity contribution is -0.149. The van der Waals surface area contributed by atoms with Crippen molar-refractivity contribution in [3.05, 3.63) is 29.8 Å². The second-order valence-corrected chi connectivity index (χ2v) is 8.75. The van der Waals surface area contributed by atoms with Crippen LogP contribution in [0.3, 0.4) is 0 Å². The third-order valence-corrected chi connectivity index (χ3v) is 6.92. The van der Waals surface area contributed by atoms with Gasteiger partial charge in [0.15, 0.2) is 0 Å². The molecule has 3 aliphatic rings. The normalized spacial score (nSPS) is 26.8. The van der Waals surface area contributed by atoms with E-state index < -0.39 is 11.4 Å². The van der Waals surface area contributed by atoms with E-state index in [1.807, 2.05) is 0 Å². The molecule has 7 heteroatoms. The lowest BCUT2D eigenvalue weighted by Crippen LogP contribution is -2.38. The van der Waals surface area contributed by atoms with E-state index >= 15 is 0 Å². The van der Waals surface area contributed by atoms with Crippen molar-refractivity contribution in [1.82, 2.24) is 10.2 Å². The van der Waals surface area contributed by atoms with Crippen LogP contribution in [-0.4, -0.2) is 47.0 Å². The number of urea groups is 1. The summed E-state index contributed by atoms with van der Waals surface area (Å²) in [6, 6.07) is 6.84. The Labute approximate surface area is 170 Å². The average Bonchev–Trinajstić information content (AvgIpc) is 3.28. The quantitative estimate of drug-likeness (QED) is 0.722. The largest absolute Gasteiger partial charge is 0.481 e. The third kappa shape index (κ3) is 3.95. The number of nitrogens with zero attached hydrogens (tertiary/aromatic N) is 1. The summed E-state index contributed by atoms with van der Waals surface area (Å²) in [5.74, 6) is -0.828. The zero-order valence-electron chi connectivity index (χ0n) is 16.7. The number of carboxylic acids is 1. The molecule has 2 saturated carbocycles. The molecule has 1 saturated heterocycles. The van der Waals surface area contributed by atoms with E-state index in [-0.39, 0.29) is 30.4 Å². The first-order valence-corrected chi connectivity index (χ1v) is 10.7. The van der Waals surface area contributed by atoms with Gasteiger partial charge in [0.1, 0.15) is 0 Å². The number of benzene rings is 1. The summed E-state index contributed by atoms with van der Waals surface area (Å²) in [5, 5.41) is 15.6. The molecule has 0 bridgehead atoms. The first-order valence-electron chi connectivity index (χ1n) is 10.7. The summed E-state index contributed by atoms with van der Waals surface area (Å²) in [7, 11) is 0. The van der Waals surface area contributed by atoms with Crippen molar-refractivity contribution >= 4 is 23.6 Å². The van der Waals surface area contributed by atoms with E-state index in [4.69, 9.17) is 0 Å². The Balaban J connectivity index is 1.33. The van der Waals surface area contributed by atoms with Gasteiger partial charge in [0.25, 0.3) is 5.91 Å². The van der Waals surface area contributed by atoms with Crippen molar-refractivity contribution in [2.24, 2.45) is 11.3 Å². The number of fused-ring (bicyclic) bond motifs is 1. The number of carboxylic acid groups (broad SMARTS) is 1. The highest BCUT2D eigenvalue weighted by atomic mass is 16.4. The molecule has 1 aliphatic heterocycles. The molecule has 0 radical (unpaired) electrons. The fourth-order valence-electron chi connectivity index (χ4n) is 5.22. The van der Waals surface area contributed by atoms with E-state index in [0.717, 1.165) is 38.5 Å². The lowest BCUT2D eigenvalue weighted by atomic mass is 9.81. The molecule has 1 aromatic carbocycles. The van der Waals surface area contributed by atoms with Crippen LogP contribution in [0.4, 0.5) is 10.5 Å². The fraction of sp³-hybridized carbons (Fsp3) is 0.591. The van der Waals surface area contributed by atoms with Crippen LogP contribution in [-0.2, 0) is 4.79 Å². The van der Waals surface area contributed by atoms with Gasteiger partial charge >= 0.3 is 12.0 Å². The summed E-state index contributed by atoms with van der Waals surface area (Å²) in [6.07, 6.45) is 8.06. The van der Waals surface area contributed by atoms with Gasteiger partial charge in [0.05, 0.1) is 5.41 Å². The van der Waals surface area contributed by atoms with Crippen LogP contribution < -0.4 is 10.6 Å². The molecule has 2 atom stereocenters. The summed E-state index contributed by atoms with van der Waals surface area (Å²) >= 11 is 0. The third-order valence-electron chi connectivity index (χ3n) is 6.92. The number of carbonyl (C=O) groups excluding carboxylic acids is 2. The van der Waals surface area contributed by atoms with Crippen molar-refractivity contribution in [3.63, 3.8) is 0 Å². The standard InChI is InChI=1S/C22H29N3O4/c26-19(23-17-6-2-1-3-7-17)15-8-10-18(11-9-15)24-21(29)25-13-16-5-4-12-22(16,14-25)20(27)28/h8-11,16-17H,1-7,12-14H2,(H,23,26)(H,24,29)(H,27,28)/t16-,22+/m0/s1. The van der Waals surface area contributed by atoms with Gasteiger partial charge in [-0.05, 0) is 55.9 Å². The minimum absolute atomic E-state index is 0.0385. The molecule has 1 heterocycles. The number of aliphatic carboxylic acids is 1. The highest BCUT2D eigenvalue weighted by molar-refractivity contribution is 5.96. The zero-order valence-corrected chi connectivity index (χ0v) is 16.7. The molecule has 0 aromatic heterocycles. The van der Waals surface area contributed by atoms with E-state index in [9.17, 15) is 19.5 Å². The van der Waals surface area contributed by atoms with Gasteiger partial charge in [-0.25, -0.2) is 4.79 Å². The summed E-state index contributed by atoms with van der Waals surface area (Å²) in [6.45, 7) is 0.751. The number of anilines is 1. The van der Waals surface area contributed by atoms with Crippen molar-refractivity contribution in [2.75, 3.05) is 18.4 Å². The van der Waals surface area contributed by atoms with E-state index in [1.54, 1.807) is 29.2 Å². The smallest absolute Gasteiger partial charge is 0.321 e. The van der Waals surface area contributed by atoms with Crippen molar-refractivity contribution in [3.8, 4) is 0 Å². The number of hydrogen-bond acceptors (Lipinski definition) is 3. The van der Waals surface area contributed by atoms with Crippen LogP contribution in [0.1, 0.15) is 61.7 Å². The number of rotatable bonds is 4. The molecule has 0 unspecified atom stereocenters. The molecule has 156 valence electrons. The van der Waals surface area contributed by atoms with Gasteiger partial charge in [-0.15, -0.1) is 0 Å². The SMILES string of the molecule is O=C(NC1CCCCC1)c1ccc(NC(=O)N2C[C@@H]3CCC[C@@]3(C(=O)O)C2)cc1. The molecular formula is C22H29N3O4. The Morgan fingerprint density at radius 2 is 1.72 bits per heavy atom. The Bertz CT molecular complexity index is 788. The maximum absolute atomic E-state index is 12.6. The molecule has 2 aliphatic carbocycles. The van der Waals surface area contributed by atoms with Gasteiger partial charge in [-0.3, -0.25) is 9.59 Å². The lowest BCUT2D eigenvalue weighted by Gasteiger charge is -2.23. The van der Waals surface area contributed by atoms with Gasteiger partial charge in [0, 0.05) is 30.4 Å². The van der Waals surface area contributed by atoms with Crippen molar-refractivity contribution < 1.29 is 19.5 Å². The summed E-state index contributed by atoms with van der Waals surface area (Å²) < 4.78 is 0. The van der Waals surface area contributed by atoms with E-state index in [0.29, 0.717) is 24.2 Å². The number of carbonyl (C=O) groups is 3. The van der Waals surface area contributed by atoms with E-state index in [2.05, 4.69) is 10.6 Å². The predicted molar refractivity (Wildman–Crippen MR) is 109 cm³/mol. The Kier molecular flexibility index (Phi) is 5.48. The molecular weight excluding hydrogens is 370 g/mol. The van der Waals surface area contributed by atoms with Crippen LogP contribution in [0.25, 0.3) is 0 Å². The molecule has 1 aromatic rings. The zero-order chi connectivity index (χ0) is 20.4. The second kappa shape index (κ2) is 8.05. The second-order valence-electron chi connectivity index (χ2n) is 8.75. The molecule has 0 spiro atoms. The Morgan fingerprint density at radius 3 is 2.38 bits per heavy atom. The van der Waals surface area contributed by atoms with Gasteiger partial charge in [-0.1, -0.05) is 25.7 Å². The van der Waals surface area contributed by atoms with E-state index in [1.165, 1.54) is 6.42 Å². The molecule has 4 rings (SSSR count). The number of hydrogen-bond donors (Lipinski definition) is 3. The van der Waals surface area contributed by atoms with Gasteiger partial charge in [0.2, 0.25) is 0 Å². The van der Waals surface area contributed by atoms with Crippen LogP contribution in [0.15, 0.2) is 24.3 Å². The first-order chi connectivity index (χ1) is 14.0. The van der Waals surface area contributed by atoms with Gasteiger partial charge < -0.3 is 20.6 Å². The average molecular weight is 399 g/mol. The maximum Gasteiger partial charge on any atom is 0.321 e. The highest BCUT2D eigenvalue weighted by Crippen LogP contribution is 2.48. The van der Waals surface area contributed by atoms with Crippen molar-refractivity contribution in [1.29, 1.82) is 0 Å². The minimum Gasteiger partial charge on any atom is -0.481 e. The Hall–Kier alpha value is -2.57. The van der Waals surface area contributed by atoms with Crippen LogP contribution in [0, 0.1) is 11.3 Å². The predicted octanol–water partition coefficient (Wildman–Crippen LogP) is 3.47. The van der Waals surface area contributed by atoms with Crippen LogP contribution in [0.5, 0.6) is 0 Å². The monoisotopic (exact) mass is 399 g/mol. The fourth-order valence-corrected chi connectivity index (χ4v) is 5.22. The number of nitrogens with one attached hydrogen (secondary N) is 2. The van der Waals surface area contributed by atoms with Crippen LogP contribution >= 0.6 is 0 Å². The van der Waals surface area contributed by atoms with Crippen molar-refractivity contribution in [2.45, 2.75) is 57.4 Å².